The van der Waals surface area contributed by atoms with Crippen LogP contribution in [0.3, 0.4) is 0 Å². The molecule has 0 saturated heterocycles. The van der Waals surface area contributed by atoms with Crippen LogP contribution < -0.4 is 10.6 Å². The fraction of sp³-hybridized carbons (Fsp3) is 0.0526. The lowest BCUT2D eigenvalue weighted by Crippen LogP contribution is -2.13. The van der Waals surface area contributed by atoms with Crippen molar-refractivity contribution in [3.63, 3.8) is 0 Å². The van der Waals surface area contributed by atoms with Gasteiger partial charge in [-0.1, -0.05) is 17.7 Å². The van der Waals surface area contributed by atoms with Gasteiger partial charge in [0.05, 0.1) is 17.2 Å². The highest BCUT2D eigenvalue weighted by Crippen LogP contribution is 2.20. The number of halogens is 1. The summed E-state index contributed by atoms with van der Waals surface area (Å²) in [6, 6.07) is 14.3. The Hall–Kier alpha value is -3.43. The van der Waals surface area contributed by atoms with E-state index in [9.17, 15) is 4.79 Å². The fourth-order valence-electron chi connectivity index (χ4n) is 2.27. The summed E-state index contributed by atoms with van der Waals surface area (Å²) in [6.45, 7) is 1.86. The van der Waals surface area contributed by atoms with E-state index in [1.807, 2.05) is 6.92 Å². The summed E-state index contributed by atoms with van der Waals surface area (Å²) >= 11 is 5.92. The first-order chi connectivity index (χ1) is 12.5. The average molecular weight is 364 g/mol. The predicted molar refractivity (Wildman–Crippen MR) is 101 cm³/mol. The van der Waals surface area contributed by atoms with Crippen LogP contribution in [0.2, 0.25) is 5.02 Å². The fourth-order valence-corrected chi connectivity index (χ4v) is 2.49. The van der Waals surface area contributed by atoms with E-state index in [4.69, 9.17) is 16.9 Å². The lowest BCUT2D eigenvalue weighted by Gasteiger charge is -2.09. The van der Waals surface area contributed by atoms with Crippen molar-refractivity contribution < 1.29 is 4.79 Å². The average Bonchev–Trinajstić information content (AvgIpc) is 2.64. The van der Waals surface area contributed by atoms with Crippen molar-refractivity contribution in [3.8, 4) is 6.07 Å². The van der Waals surface area contributed by atoms with Crippen LogP contribution in [-0.4, -0.2) is 15.9 Å². The molecular weight excluding hydrogens is 350 g/mol. The van der Waals surface area contributed by atoms with Crippen molar-refractivity contribution in [1.29, 1.82) is 5.26 Å². The molecule has 1 amide bonds. The Morgan fingerprint density at radius 2 is 1.92 bits per heavy atom. The number of nitrogens with zero attached hydrogens (tertiary/aromatic N) is 3. The summed E-state index contributed by atoms with van der Waals surface area (Å²) in [7, 11) is 0. The Morgan fingerprint density at radius 3 is 2.62 bits per heavy atom. The topological polar surface area (TPSA) is 90.7 Å². The minimum absolute atomic E-state index is 0.312. The Kier molecular flexibility index (Phi) is 5.11. The number of nitriles is 1. The third kappa shape index (κ3) is 4.15. The lowest BCUT2D eigenvalue weighted by molar-refractivity contribution is 0.102. The quantitative estimate of drug-likeness (QED) is 0.720. The van der Waals surface area contributed by atoms with Crippen LogP contribution in [-0.2, 0) is 0 Å². The summed E-state index contributed by atoms with van der Waals surface area (Å²) in [4.78, 5) is 20.6. The SMILES string of the molecule is Cc1cc(Cl)ccc1NC(=O)c1cnc(Nc2cccc(C#N)c2)nc1. The number of hydrogen-bond donors (Lipinski definition) is 2. The normalized spacial score (nSPS) is 10.0. The lowest BCUT2D eigenvalue weighted by atomic mass is 10.2. The van der Waals surface area contributed by atoms with Crippen LogP contribution in [0.4, 0.5) is 17.3 Å². The molecule has 6 nitrogen and oxygen atoms in total. The number of aryl methyl sites for hydroxylation is 1. The second-order valence-electron chi connectivity index (χ2n) is 5.53. The zero-order valence-corrected chi connectivity index (χ0v) is 14.6. The number of carbonyl (C=O) groups excluding carboxylic acids is 1. The Bertz CT molecular complexity index is 996. The van der Waals surface area contributed by atoms with E-state index in [0.29, 0.717) is 33.5 Å². The third-order valence-electron chi connectivity index (χ3n) is 3.60. The van der Waals surface area contributed by atoms with Crippen molar-refractivity contribution in [2.24, 2.45) is 0 Å². The molecule has 0 unspecified atom stereocenters. The van der Waals surface area contributed by atoms with Crippen molar-refractivity contribution >= 4 is 34.8 Å². The van der Waals surface area contributed by atoms with Crippen molar-refractivity contribution in [1.82, 2.24) is 9.97 Å². The summed E-state index contributed by atoms with van der Waals surface area (Å²) in [5.74, 6) is 0.0211. The van der Waals surface area contributed by atoms with Gasteiger partial charge in [0.2, 0.25) is 5.95 Å². The molecule has 0 aliphatic rings. The maximum Gasteiger partial charge on any atom is 0.258 e. The summed E-state index contributed by atoms with van der Waals surface area (Å²) in [5.41, 5.74) is 3.09. The van der Waals surface area contributed by atoms with Gasteiger partial charge in [0.1, 0.15) is 0 Å². The molecule has 1 aromatic heterocycles. The van der Waals surface area contributed by atoms with Gasteiger partial charge in [-0.25, -0.2) is 9.97 Å². The second-order valence-corrected chi connectivity index (χ2v) is 5.96. The van der Waals surface area contributed by atoms with E-state index >= 15 is 0 Å². The molecule has 0 fully saturated rings. The van der Waals surface area contributed by atoms with Crippen LogP contribution in [0.5, 0.6) is 0 Å². The molecule has 0 atom stereocenters. The monoisotopic (exact) mass is 363 g/mol. The first-order valence-corrected chi connectivity index (χ1v) is 8.10. The van der Waals surface area contributed by atoms with E-state index in [2.05, 4.69) is 26.7 Å². The summed E-state index contributed by atoms with van der Waals surface area (Å²) in [5, 5.41) is 15.3. The largest absolute Gasteiger partial charge is 0.324 e. The Morgan fingerprint density at radius 1 is 1.15 bits per heavy atom. The number of amides is 1. The zero-order valence-electron chi connectivity index (χ0n) is 13.8. The van der Waals surface area contributed by atoms with Gasteiger partial charge in [-0.2, -0.15) is 5.26 Å². The van der Waals surface area contributed by atoms with Gasteiger partial charge < -0.3 is 10.6 Å². The molecular formula is C19H14ClN5O. The number of nitrogens with one attached hydrogen (secondary N) is 2. The van der Waals surface area contributed by atoms with Gasteiger partial charge in [-0.05, 0) is 48.9 Å². The van der Waals surface area contributed by atoms with Crippen LogP contribution in [0.25, 0.3) is 0 Å². The standard InChI is InChI=1S/C19H14ClN5O/c1-12-7-15(20)5-6-17(12)25-18(26)14-10-22-19(23-11-14)24-16-4-2-3-13(8-16)9-21/h2-8,10-11H,1H3,(H,25,26)(H,22,23,24). The first kappa shape index (κ1) is 17.4. The van der Waals surface area contributed by atoms with Gasteiger partial charge >= 0.3 is 0 Å². The van der Waals surface area contributed by atoms with E-state index < -0.39 is 0 Å². The Labute approximate surface area is 155 Å². The molecule has 3 aromatic rings. The molecule has 2 N–H and O–H groups in total. The molecule has 2 aromatic carbocycles. The van der Waals surface area contributed by atoms with Crippen molar-refractivity contribution in [2.45, 2.75) is 6.92 Å². The molecule has 0 spiro atoms. The number of aromatic nitrogens is 2. The first-order valence-electron chi connectivity index (χ1n) is 7.72. The number of rotatable bonds is 4. The summed E-state index contributed by atoms with van der Waals surface area (Å²) < 4.78 is 0. The van der Waals surface area contributed by atoms with Crippen LogP contribution >= 0.6 is 11.6 Å². The van der Waals surface area contributed by atoms with Gasteiger partial charge in [-0.15, -0.1) is 0 Å². The number of benzene rings is 2. The number of hydrogen-bond acceptors (Lipinski definition) is 5. The third-order valence-corrected chi connectivity index (χ3v) is 3.83. The van der Waals surface area contributed by atoms with Gasteiger partial charge in [0.25, 0.3) is 5.91 Å². The molecule has 0 radical (unpaired) electrons. The molecule has 0 saturated carbocycles. The van der Waals surface area contributed by atoms with Crippen LogP contribution in [0.1, 0.15) is 21.5 Å². The minimum Gasteiger partial charge on any atom is -0.324 e. The van der Waals surface area contributed by atoms with Crippen LogP contribution in [0.15, 0.2) is 54.9 Å². The molecule has 128 valence electrons. The molecule has 26 heavy (non-hydrogen) atoms. The molecule has 0 aliphatic carbocycles. The van der Waals surface area contributed by atoms with E-state index in [1.54, 1.807) is 42.5 Å². The van der Waals surface area contributed by atoms with Crippen LogP contribution in [0, 0.1) is 18.3 Å². The number of anilines is 3. The maximum atomic E-state index is 12.3. The molecule has 0 bridgehead atoms. The Balaban J connectivity index is 1.70. The molecule has 3 rings (SSSR count). The molecule has 7 heteroatoms. The van der Waals surface area contributed by atoms with E-state index in [1.165, 1.54) is 12.4 Å². The van der Waals surface area contributed by atoms with E-state index in [-0.39, 0.29) is 5.91 Å². The van der Waals surface area contributed by atoms with Gasteiger partial charge in [-0.3, -0.25) is 4.79 Å². The molecule has 1 heterocycles. The highest BCUT2D eigenvalue weighted by Gasteiger charge is 2.10. The highest BCUT2D eigenvalue weighted by atomic mass is 35.5. The predicted octanol–water partition coefficient (Wildman–Crippen LogP) is 4.31. The summed E-state index contributed by atoms with van der Waals surface area (Å²) in [6.07, 6.45) is 2.87. The second kappa shape index (κ2) is 7.64. The van der Waals surface area contributed by atoms with Crippen molar-refractivity contribution in [2.75, 3.05) is 10.6 Å². The molecule has 0 aliphatic heterocycles. The van der Waals surface area contributed by atoms with Gasteiger partial charge in [0.15, 0.2) is 0 Å². The number of carbonyl (C=O) groups is 1. The van der Waals surface area contributed by atoms with Crippen molar-refractivity contribution in [3.05, 3.63) is 76.6 Å². The minimum atomic E-state index is -0.312. The maximum absolute atomic E-state index is 12.3. The van der Waals surface area contributed by atoms with Gasteiger partial charge in [0, 0.05) is 28.8 Å². The zero-order chi connectivity index (χ0) is 18.5. The van der Waals surface area contributed by atoms with E-state index in [0.717, 1.165) is 5.56 Å². The smallest absolute Gasteiger partial charge is 0.258 e. The highest BCUT2D eigenvalue weighted by molar-refractivity contribution is 6.30.